The molecule has 0 spiro atoms. The minimum atomic E-state index is -1.87. The molecule has 3 nitrogen and oxygen atoms in total. The predicted molar refractivity (Wildman–Crippen MR) is 70.4 cm³/mol. The molecule has 0 radical (unpaired) electrons. The van der Waals surface area contributed by atoms with Crippen molar-refractivity contribution in [2.24, 2.45) is 11.8 Å². The summed E-state index contributed by atoms with van der Waals surface area (Å²) in [6, 6.07) is 0.358. The van der Waals surface area contributed by atoms with Gasteiger partial charge in [-0.3, -0.25) is 4.55 Å². The third kappa shape index (κ3) is 4.15. The van der Waals surface area contributed by atoms with Crippen LogP contribution in [-0.4, -0.2) is 25.2 Å². The molecule has 0 aliphatic rings. The summed E-state index contributed by atoms with van der Waals surface area (Å²) in [5.74, 6) is 0.794. The first-order valence-electron chi connectivity index (χ1n) is 6.25. The van der Waals surface area contributed by atoms with Crippen molar-refractivity contribution in [2.75, 3.05) is 0 Å². The normalized spacial score (nSPS) is 18.1. The second-order valence-corrected chi connectivity index (χ2v) is 5.91. The molecule has 0 aromatic carbocycles. The van der Waals surface area contributed by atoms with Gasteiger partial charge in [0.2, 0.25) is 11.3 Å². The molecule has 0 bridgehead atoms. The molecule has 0 heterocycles. The molecule has 3 atom stereocenters. The Kier molecular flexibility index (Phi) is 7.44. The molecular weight excluding hydrogens is 222 g/mol. The van der Waals surface area contributed by atoms with Crippen LogP contribution in [-0.2, 0) is 11.3 Å². The van der Waals surface area contributed by atoms with Gasteiger partial charge in [-0.1, -0.05) is 41.5 Å². The fourth-order valence-electron chi connectivity index (χ4n) is 2.37. The molecule has 0 aromatic heterocycles. The second kappa shape index (κ2) is 7.41. The van der Waals surface area contributed by atoms with Crippen LogP contribution >= 0.6 is 0 Å². The lowest BCUT2D eigenvalue weighted by Crippen LogP contribution is -2.48. The van der Waals surface area contributed by atoms with E-state index in [1.807, 2.05) is 0 Å². The second-order valence-electron chi connectivity index (χ2n) is 5.03. The van der Waals surface area contributed by atoms with Gasteiger partial charge >= 0.3 is 0 Å². The van der Waals surface area contributed by atoms with Crippen LogP contribution in [0, 0.1) is 11.8 Å². The summed E-state index contributed by atoms with van der Waals surface area (Å²) in [4.78, 5) is 0. The Labute approximate surface area is 103 Å². The quantitative estimate of drug-likeness (QED) is 0.703. The summed E-state index contributed by atoms with van der Waals surface area (Å²) in [5, 5.41) is 0. The highest BCUT2D eigenvalue weighted by molar-refractivity contribution is 7.76. The summed E-state index contributed by atoms with van der Waals surface area (Å²) in [5.41, 5.74) is 0. The van der Waals surface area contributed by atoms with Crippen molar-refractivity contribution in [1.82, 2.24) is 4.31 Å². The standard InChI is InChI=1S/C12H27NO2S/c1-7-11(9(3)4)13(16(14)15)12(8-2)10(5)6/h9-12H,7-8H2,1-6H3,(H,14,15). The minimum Gasteiger partial charge on any atom is -0.294 e. The van der Waals surface area contributed by atoms with Crippen molar-refractivity contribution in [3.8, 4) is 0 Å². The van der Waals surface area contributed by atoms with Gasteiger partial charge < -0.3 is 0 Å². The molecule has 98 valence electrons. The average Bonchev–Trinajstić information content (AvgIpc) is 2.16. The van der Waals surface area contributed by atoms with Crippen molar-refractivity contribution >= 4 is 11.3 Å². The first-order chi connectivity index (χ1) is 7.36. The average molecular weight is 249 g/mol. The first-order valence-corrected chi connectivity index (χ1v) is 7.32. The van der Waals surface area contributed by atoms with Crippen molar-refractivity contribution in [3.05, 3.63) is 0 Å². The Hall–Kier alpha value is 0.0700. The smallest absolute Gasteiger partial charge is 0.235 e. The van der Waals surface area contributed by atoms with Gasteiger partial charge in [-0.05, 0) is 24.7 Å². The highest BCUT2D eigenvalue weighted by Gasteiger charge is 2.32. The van der Waals surface area contributed by atoms with Gasteiger partial charge in [-0.25, -0.2) is 4.21 Å². The van der Waals surface area contributed by atoms with E-state index in [2.05, 4.69) is 41.5 Å². The zero-order valence-corrected chi connectivity index (χ0v) is 12.3. The topological polar surface area (TPSA) is 40.5 Å². The van der Waals surface area contributed by atoms with Gasteiger partial charge in [0.25, 0.3) is 0 Å². The number of rotatable bonds is 7. The van der Waals surface area contributed by atoms with Crippen LogP contribution in [0.15, 0.2) is 0 Å². The predicted octanol–water partition coefficient (Wildman–Crippen LogP) is 3.29. The summed E-state index contributed by atoms with van der Waals surface area (Å²) in [6.07, 6.45) is 1.82. The lowest BCUT2D eigenvalue weighted by molar-refractivity contribution is 0.157. The Morgan fingerprint density at radius 1 is 1.00 bits per heavy atom. The molecule has 16 heavy (non-hydrogen) atoms. The van der Waals surface area contributed by atoms with Crippen LogP contribution in [0.25, 0.3) is 0 Å². The first kappa shape index (κ1) is 16.1. The third-order valence-corrected chi connectivity index (χ3v) is 4.11. The molecule has 0 aliphatic carbocycles. The molecule has 0 saturated carbocycles. The van der Waals surface area contributed by atoms with Gasteiger partial charge in [-0.2, -0.15) is 4.31 Å². The zero-order valence-electron chi connectivity index (χ0n) is 11.4. The number of hydrogen-bond donors (Lipinski definition) is 1. The lowest BCUT2D eigenvalue weighted by Gasteiger charge is -2.38. The fraction of sp³-hybridized carbons (Fsp3) is 1.00. The van der Waals surface area contributed by atoms with Crippen molar-refractivity contribution < 1.29 is 8.76 Å². The van der Waals surface area contributed by atoms with Crippen LogP contribution in [0.5, 0.6) is 0 Å². The molecule has 0 amide bonds. The Morgan fingerprint density at radius 3 is 1.44 bits per heavy atom. The molecule has 0 saturated heterocycles. The van der Waals surface area contributed by atoms with E-state index in [4.69, 9.17) is 0 Å². The monoisotopic (exact) mass is 249 g/mol. The molecule has 3 unspecified atom stereocenters. The number of hydrogen-bond acceptors (Lipinski definition) is 1. The summed E-state index contributed by atoms with van der Waals surface area (Å²) in [6.45, 7) is 12.6. The van der Waals surface area contributed by atoms with E-state index >= 15 is 0 Å². The van der Waals surface area contributed by atoms with Crippen molar-refractivity contribution in [1.29, 1.82) is 0 Å². The fourth-order valence-corrected chi connectivity index (χ4v) is 3.62. The van der Waals surface area contributed by atoms with Crippen LogP contribution in [0.2, 0.25) is 0 Å². The summed E-state index contributed by atoms with van der Waals surface area (Å²) < 4.78 is 22.8. The van der Waals surface area contributed by atoms with Gasteiger partial charge in [0.15, 0.2) is 0 Å². The Bertz CT molecular complexity index is 203. The maximum atomic E-state index is 11.5. The van der Waals surface area contributed by atoms with Crippen molar-refractivity contribution in [2.45, 2.75) is 66.5 Å². The zero-order chi connectivity index (χ0) is 12.9. The van der Waals surface area contributed by atoms with E-state index in [-0.39, 0.29) is 12.1 Å². The maximum absolute atomic E-state index is 11.5. The molecular formula is C12H27NO2S. The van der Waals surface area contributed by atoms with Gasteiger partial charge in [-0.15, -0.1) is 0 Å². The maximum Gasteiger partial charge on any atom is 0.235 e. The van der Waals surface area contributed by atoms with Crippen LogP contribution in [0.1, 0.15) is 54.4 Å². The Morgan fingerprint density at radius 2 is 1.31 bits per heavy atom. The van der Waals surface area contributed by atoms with E-state index in [0.717, 1.165) is 12.8 Å². The highest BCUT2D eigenvalue weighted by atomic mass is 32.2. The molecule has 0 fully saturated rings. The van der Waals surface area contributed by atoms with E-state index in [1.165, 1.54) is 0 Å². The van der Waals surface area contributed by atoms with E-state index in [0.29, 0.717) is 11.8 Å². The lowest BCUT2D eigenvalue weighted by atomic mass is 9.96. The molecule has 1 N–H and O–H groups in total. The van der Waals surface area contributed by atoms with Gasteiger partial charge in [0.1, 0.15) is 0 Å². The van der Waals surface area contributed by atoms with E-state index < -0.39 is 11.3 Å². The van der Waals surface area contributed by atoms with Gasteiger partial charge in [0.05, 0.1) is 0 Å². The summed E-state index contributed by atoms with van der Waals surface area (Å²) in [7, 11) is 0. The largest absolute Gasteiger partial charge is 0.294 e. The molecule has 4 heteroatoms. The van der Waals surface area contributed by atoms with Crippen molar-refractivity contribution in [3.63, 3.8) is 0 Å². The van der Waals surface area contributed by atoms with Crippen LogP contribution in [0.3, 0.4) is 0 Å². The number of nitrogens with zero attached hydrogens (tertiary/aromatic N) is 1. The Balaban J connectivity index is 5.03. The van der Waals surface area contributed by atoms with Crippen LogP contribution < -0.4 is 0 Å². The third-order valence-electron chi connectivity index (χ3n) is 3.21. The molecule has 0 rings (SSSR count). The van der Waals surface area contributed by atoms with Gasteiger partial charge in [0, 0.05) is 12.1 Å². The highest BCUT2D eigenvalue weighted by Crippen LogP contribution is 2.24. The molecule has 0 aromatic rings. The van der Waals surface area contributed by atoms with E-state index in [9.17, 15) is 8.76 Å². The summed E-state index contributed by atoms with van der Waals surface area (Å²) >= 11 is -1.87. The van der Waals surface area contributed by atoms with Crippen LogP contribution in [0.4, 0.5) is 0 Å². The SMILES string of the molecule is CCC(C(C)C)N(C(CC)C(C)C)S(=O)O. The van der Waals surface area contributed by atoms with E-state index in [1.54, 1.807) is 4.31 Å². The minimum absolute atomic E-state index is 0.179. The molecule has 0 aliphatic heterocycles.